The summed E-state index contributed by atoms with van der Waals surface area (Å²) in [5.74, 6) is -0.207. The molecule has 1 atom stereocenters. The van der Waals surface area contributed by atoms with Gasteiger partial charge in [-0.2, -0.15) is 0 Å². The van der Waals surface area contributed by atoms with Crippen molar-refractivity contribution in [2.24, 2.45) is 0 Å². The van der Waals surface area contributed by atoms with Gasteiger partial charge in [0.05, 0.1) is 0 Å². The van der Waals surface area contributed by atoms with E-state index in [1.165, 1.54) is 6.92 Å². The zero-order chi connectivity index (χ0) is 8.69. The lowest BCUT2D eigenvalue weighted by atomic mass is 10.2. The Kier molecular flexibility index (Phi) is 5.84. The van der Waals surface area contributed by atoms with Crippen molar-refractivity contribution in [3.63, 3.8) is 0 Å². The van der Waals surface area contributed by atoms with E-state index in [1.54, 1.807) is 0 Å². The second-order valence-electron chi connectivity index (χ2n) is 2.47. The van der Waals surface area contributed by atoms with Gasteiger partial charge in [-0.3, -0.25) is 4.79 Å². The highest BCUT2D eigenvalue weighted by atomic mass is 16.5. The SMILES string of the molecule is CCNC(CC)COC(C)=O. The average molecular weight is 159 g/mol. The number of hydrogen-bond acceptors (Lipinski definition) is 3. The molecule has 66 valence electrons. The molecule has 0 spiro atoms. The van der Waals surface area contributed by atoms with Crippen LogP contribution < -0.4 is 5.32 Å². The molecule has 0 amide bonds. The fourth-order valence-electron chi connectivity index (χ4n) is 0.828. The van der Waals surface area contributed by atoms with Crippen molar-refractivity contribution < 1.29 is 9.53 Å². The minimum Gasteiger partial charge on any atom is -0.464 e. The lowest BCUT2D eigenvalue weighted by molar-refractivity contribution is -0.141. The van der Waals surface area contributed by atoms with E-state index < -0.39 is 0 Å². The summed E-state index contributed by atoms with van der Waals surface area (Å²) in [5.41, 5.74) is 0. The molecule has 1 N–H and O–H groups in total. The summed E-state index contributed by atoms with van der Waals surface area (Å²) in [6, 6.07) is 0.309. The molecule has 0 saturated carbocycles. The maximum Gasteiger partial charge on any atom is 0.302 e. The van der Waals surface area contributed by atoms with Crippen LogP contribution in [0.15, 0.2) is 0 Å². The summed E-state index contributed by atoms with van der Waals surface area (Å²) < 4.78 is 4.85. The van der Waals surface area contributed by atoms with E-state index in [2.05, 4.69) is 12.2 Å². The number of nitrogens with one attached hydrogen (secondary N) is 1. The molecule has 0 saturated heterocycles. The number of ether oxygens (including phenoxy) is 1. The number of carbonyl (C=O) groups excluding carboxylic acids is 1. The van der Waals surface area contributed by atoms with E-state index in [0.29, 0.717) is 12.6 Å². The maximum atomic E-state index is 10.4. The normalized spacial score (nSPS) is 12.6. The van der Waals surface area contributed by atoms with Gasteiger partial charge in [0.15, 0.2) is 0 Å². The van der Waals surface area contributed by atoms with Crippen molar-refractivity contribution in [3.05, 3.63) is 0 Å². The van der Waals surface area contributed by atoms with Gasteiger partial charge in [0, 0.05) is 13.0 Å². The number of esters is 1. The first kappa shape index (κ1) is 10.4. The molecule has 0 aromatic carbocycles. The Morgan fingerprint density at radius 1 is 1.55 bits per heavy atom. The molecule has 0 radical (unpaired) electrons. The quantitative estimate of drug-likeness (QED) is 0.607. The Balaban J connectivity index is 3.43. The van der Waals surface area contributed by atoms with Gasteiger partial charge in [0.1, 0.15) is 6.61 Å². The highest BCUT2D eigenvalue weighted by molar-refractivity contribution is 5.65. The number of carbonyl (C=O) groups is 1. The molecule has 3 nitrogen and oxygen atoms in total. The lowest BCUT2D eigenvalue weighted by Crippen LogP contribution is -2.33. The van der Waals surface area contributed by atoms with Gasteiger partial charge in [-0.25, -0.2) is 0 Å². The van der Waals surface area contributed by atoms with Crippen molar-refractivity contribution in [1.82, 2.24) is 5.32 Å². The summed E-state index contributed by atoms with van der Waals surface area (Å²) in [4.78, 5) is 10.4. The standard InChI is InChI=1S/C8H17NO2/c1-4-8(9-5-2)6-11-7(3)10/h8-9H,4-6H2,1-3H3. The van der Waals surface area contributed by atoms with Gasteiger partial charge in [-0.05, 0) is 13.0 Å². The zero-order valence-corrected chi connectivity index (χ0v) is 7.52. The van der Waals surface area contributed by atoms with E-state index in [4.69, 9.17) is 4.74 Å². The molecule has 11 heavy (non-hydrogen) atoms. The van der Waals surface area contributed by atoms with E-state index in [0.717, 1.165) is 13.0 Å². The minimum atomic E-state index is -0.207. The zero-order valence-electron chi connectivity index (χ0n) is 7.52. The number of rotatable bonds is 5. The van der Waals surface area contributed by atoms with Gasteiger partial charge >= 0.3 is 5.97 Å². The van der Waals surface area contributed by atoms with Gasteiger partial charge in [0.25, 0.3) is 0 Å². The monoisotopic (exact) mass is 159 g/mol. The molecule has 3 heteroatoms. The maximum absolute atomic E-state index is 10.4. The number of likely N-dealkylation sites (N-methyl/N-ethyl adjacent to an activating group) is 1. The van der Waals surface area contributed by atoms with Crippen molar-refractivity contribution in [1.29, 1.82) is 0 Å². The van der Waals surface area contributed by atoms with Crippen molar-refractivity contribution in [2.45, 2.75) is 33.2 Å². The molecule has 0 rings (SSSR count). The second-order valence-corrected chi connectivity index (χ2v) is 2.47. The molecule has 0 aliphatic heterocycles. The van der Waals surface area contributed by atoms with Crippen molar-refractivity contribution >= 4 is 5.97 Å². The Morgan fingerprint density at radius 2 is 2.18 bits per heavy atom. The molecule has 0 fully saturated rings. The van der Waals surface area contributed by atoms with E-state index >= 15 is 0 Å². The molecule has 0 bridgehead atoms. The summed E-state index contributed by atoms with van der Waals surface area (Å²) in [6.45, 7) is 6.94. The Labute approximate surface area is 68.1 Å². The highest BCUT2D eigenvalue weighted by Crippen LogP contribution is 1.91. The predicted molar refractivity (Wildman–Crippen MR) is 44.4 cm³/mol. The first-order valence-corrected chi connectivity index (χ1v) is 4.07. The summed E-state index contributed by atoms with van der Waals surface area (Å²) >= 11 is 0. The van der Waals surface area contributed by atoms with Gasteiger partial charge < -0.3 is 10.1 Å². The van der Waals surface area contributed by atoms with Crippen LogP contribution in [-0.4, -0.2) is 25.2 Å². The first-order valence-electron chi connectivity index (χ1n) is 4.07. The van der Waals surface area contributed by atoms with Gasteiger partial charge in [0.2, 0.25) is 0 Å². The van der Waals surface area contributed by atoms with Crippen LogP contribution in [0.2, 0.25) is 0 Å². The van der Waals surface area contributed by atoms with Crippen LogP contribution in [0.1, 0.15) is 27.2 Å². The molecule has 0 heterocycles. The Hall–Kier alpha value is -0.570. The third kappa shape index (κ3) is 5.85. The average Bonchev–Trinajstić information content (AvgIpc) is 1.97. The van der Waals surface area contributed by atoms with Gasteiger partial charge in [-0.15, -0.1) is 0 Å². The van der Waals surface area contributed by atoms with Gasteiger partial charge in [-0.1, -0.05) is 13.8 Å². The molecule has 0 aliphatic rings. The van der Waals surface area contributed by atoms with Crippen LogP contribution >= 0.6 is 0 Å². The third-order valence-electron chi connectivity index (χ3n) is 1.47. The van der Waals surface area contributed by atoms with Crippen molar-refractivity contribution in [3.8, 4) is 0 Å². The molecule has 0 aromatic heterocycles. The van der Waals surface area contributed by atoms with E-state index in [9.17, 15) is 4.79 Å². The molecular weight excluding hydrogens is 142 g/mol. The van der Waals surface area contributed by atoms with Crippen LogP contribution in [-0.2, 0) is 9.53 Å². The van der Waals surface area contributed by atoms with E-state index in [1.807, 2.05) is 6.92 Å². The van der Waals surface area contributed by atoms with Crippen molar-refractivity contribution in [2.75, 3.05) is 13.2 Å². The minimum absolute atomic E-state index is 0.207. The van der Waals surface area contributed by atoms with Crippen LogP contribution in [0.25, 0.3) is 0 Å². The fourth-order valence-corrected chi connectivity index (χ4v) is 0.828. The molecular formula is C8H17NO2. The smallest absolute Gasteiger partial charge is 0.302 e. The second kappa shape index (κ2) is 6.16. The molecule has 1 unspecified atom stereocenters. The fraction of sp³-hybridized carbons (Fsp3) is 0.875. The third-order valence-corrected chi connectivity index (χ3v) is 1.47. The largest absolute Gasteiger partial charge is 0.464 e. The summed E-state index contributed by atoms with van der Waals surface area (Å²) in [7, 11) is 0. The van der Waals surface area contributed by atoms with Crippen LogP contribution in [0.3, 0.4) is 0 Å². The summed E-state index contributed by atoms with van der Waals surface area (Å²) in [6.07, 6.45) is 0.987. The van der Waals surface area contributed by atoms with Crippen LogP contribution in [0, 0.1) is 0 Å². The highest BCUT2D eigenvalue weighted by Gasteiger charge is 2.04. The van der Waals surface area contributed by atoms with Crippen LogP contribution in [0.5, 0.6) is 0 Å². The van der Waals surface area contributed by atoms with E-state index in [-0.39, 0.29) is 5.97 Å². The summed E-state index contributed by atoms with van der Waals surface area (Å²) in [5, 5.41) is 3.21. The van der Waals surface area contributed by atoms with Crippen LogP contribution in [0.4, 0.5) is 0 Å². The number of hydrogen-bond donors (Lipinski definition) is 1. The topological polar surface area (TPSA) is 38.3 Å². The predicted octanol–water partition coefficient (Wildman–Crippen LogP) is 0.938. The molecule has 0 aromatic rings. The first-order chi connectivity index (χ1) is 5.20. The molecule has 0 aliphatic carbocycles. The lowest BCUT2D eigenvalue weighted by Gasteiger charge is -2.14. The Bertz CT molecular complexity index is 115. The Morgan fingerprint density at radius 3 is 2.55 bits per heavy atom.